The number of nitrogens with zero attached hydrogens (tertiary/aromatic N) is 2. The Morgan fingerprint density at radius 2 is 2.24 bits per heavy atom. The summed E-state index contributed by atoms with van der Waals surface area (Å²) in [5.41, 5.74) is 0. The van der Waals surface area contributed by atoms with Crippen LogP contribution in [0, 0.1) is 0 Å². The van der Waals surface area contributed by atoms with Crippen LogP contribution in [-0.2, 0) is 9.53 Å². The van der Waals surface area contributed by atoms with Gasteiger partial charge in [-0.05, 0) is 19.0 Å². The van der Waals surface area contributed by atoms with E-state index in [1.54, 1.807) is 18.5 Å². The van der Waals surface area contributed by atoms with Gasteiger partial charge >= 0.3 is 5.97 Å². The van der Waals surface area contributed by atoms with E-state index in [0.29, 0.717) is 10.9 Å². The van der Waals surface area contributed by atoms with Gasteiger partial charge in [0, 0.05) is 18.1 Å². The molecule has 6 heteroatoms. The van der Waals surface area contributed by atoms with Gasteiger partial charge in [0.2, 0.25) is 0 Å². The first kappa shape index (κ1) is 13.9. The van der Waals surface area contributed by atoms with Gasteiger partial charge in [0.1, 0.15) is 6.04 Å². The lowest BCUT2D eigenvalue weighted by Crippen LogP contribution is -2.40. The topological polar surface area (TPSA) is 64.1 Å². The Morgan fingerprint density at radius 3 is 2.82 bits per heavy atom. The lowest BCUT2D eigenvalue weighted by Gasteiger charge is -2.14. The third-order valence-electron chi connectivity index (χ3n) is 2.05. The number of nitrogens with one attached hydrogen (secondary N) is 1. The molecule has 17 heavy (non-hydrogen) atoms. The summed E-state index contributed by atoms with van der Waals surface area (Å²) in [5.74, 6) is 0.318. The monoisotopic (exact) mass is 255 g/mol. The van der Waals surface area contributed by atoms with Crippen LogP contribution in [0.3, 0.4) is 0 Å². The smallest absolute Gasteiger partial charge is 0.323 e. The SMILES string of the molecule is CCCNC(CSc1ncccn1)C(=O)OC. The molecule has 0 bridgehead atoms. The maximum Gasteiger partial charge on any atom is 0.323 e. The average Bonchev–Trinajstić information content (AvgIpc) is 2.39. The fourth-order valence-corrected chi connectivity index (χ4v) is 2.03. The number of thioether (sulfide) groups is 1. The van der Waals surface area contributed by atoms with E-state index in [-0.39, 0.29) is 12.0 Å². The zero-order chi connectivity index (χ0) is 12.5. The van der Waals surface area contributed by atoms with Crippen molar-refractivity contribution in [2.75, 3.05) is 19.4 Å². The highest BCUT2D eigenvalue weighted by Crippen LogP contribution is 2.12. The lowest BCUT2D eigenvalue weighted by molar-refractivity contribution is -0.142. The molecule has 94 valence electrons. The number of ether oxygens (including phenoxy) is 1. The summed E-state index contributed by atoms with van der Waals surface area (Å²) in [7, 11) is 1.40. The van der Waals surface area contributed by atoms with E-state index in [1.165, 1.54) is 18.9 Å². The fraction of sp³-hybridized carbons (Fsp3) is 0.545. The number of carbonyl (C=O) groups is 1. The van der Waals surface area contributed by atoms with Gasteiger partial charge < -0.3 is 10.1 Å². The van der Waals surface area contributed by atoms with E-state index in [4.69, 9.17) is 4.74 Å². The molecule has 1 rings (SSSR count). The number of hydrogen-bond acceptors (Lipinski definition) is 6. The molecule has 0 aromatic carbocycles. The largest absolute Gasteiger partial charge is 0.468 e. The summed E-state index contributed by atoms with van der Waals surface area (Å²) in [6.07, 6.45) is 4.34. The van der Waals surface area contributed by atoms with Crippen LogP contribution in [-0.4, -0.2) is 41.4 Å². The molecule has 0 radical (unpaired) electrons. The number of esters is 1. The van der Waals surface area contributed by atoms with Crippen molar-refractivity contribution in [3.8, 4) is 0 Å². The Hall–Kier alpha value is -1.14. The van der Waals surface area contributed by atoms with Crippen LogP contribution in [0.4, 0.5) is 0 Å². The fourth-order valence-electron chi connectivity index (χ4n) is 1.19. The third kappa shape index (κ3) is 5.14. The van der Waals surface area contributed by atoms with Gasteiger partial charge in [0.15, 0.2) is 5.16 Å². The molecule has 0 aliphatic carbocycles. The second-order valence-corrected chi connectivity index (χ2v) is 4.36. The molecule has 0 aliphatic heterocycles. The van der Waals surface area contributed by atoms with E-state index >= 15 is 0 Å². The molecule has 0 aliphatic rings. The summed E-state index contributed by atoms with van der Waals surface area (Å²) in [6, 6.07) is 1.45. The highest BCUT2D eigenvalue weighted by atomic mass is 32.2. The molecule has 0 fully saturated rings. The average molecular weight is 255 g/mol. The summed E-state index contributed by atoms with van der Waals surface area (Å²) >= 11 is 1.44. The van der Waals surface area contributed by atoms with Crippen molar-refractivity contribution in [2.45, 2.75) is 24.5 Å². The molecule has 0 saturated carbocycles. The van der Waals surface area contributed by atoms with E-state index in [9.17, 15) is 4.79 Å². The Labute approximate surface area is 105 Å². The minimum Gasteiger partial charge on any atom is -0.468 e. The van der Waals surface area contributed by atoms with E-state index in [1.807, 2.05) is 0 Å². The Kier molecular flexibility index (Phi) is 6.57. The predicted molar refractivity (Wildman–Crippen MR) is 66.9 cm³/mol. The summed E-state index contributed by atoms with van der Waals surface area (Å²) in [6.45, 7) is 2.84. The predicted octanol–water partition coefficient (Wildman–Crippen LogP) is 1.11. The first-order chi connectivity index (χ1) is 8.27. The minimum atomic E-state index is -0.311. The molecule has 1 heterocycles. The van der Waals surface area contributed by atoms with E-state index in [0.717, 1.165) is 13.0 Å². The minimum absolute atomic E-state index is 0.248. The molecule has 0 amide bonds. The van der Waals surface area contributed by atoms with Crippen LogP contribution in [0.15, 0.2) is 23.6 Å². The zero-order valence-corrected chi connectivity index (χ0v) is 10.9. The number of methoxy groups -OCH3 is 1. The van der Waals surface area contributed by atoms with Crippen molar-refractivity contribution in [3.05, 3.63) is 18.5 Å². The molecular weight excluding hydrogens is 238 g/mol. The van der Waals surface area contributed by atoms with E-state index in [2.05, 4.69) is 22.2 Å². The van der Waals surface area contributed by atoms with Crippen LogP contribution >= 0.6 is 11.8 Å². The van der Waals surface area contributed by atoms with Crippen LogP contribution in [0.1, 0.15) is 13.3 Å². The zero-order valence-electron chi connectivity index (χ0n) is 10.0. The Morgan fingerprint density at radius 1 is 1.53 bits per heavy atom. The van der Waals surface area contributed by atoms with Crippen LogP contribution in [0.25, 0.3) is 0 Å². The second kappa shape index (κ2) is 8.03. The first-order valence-corrected chi connectivity index (χ1v) is 6.47. The number of rotatable bonds is 7. The van der Waals surface area contributed by atoms with Crippen molar-refractivity contribution in [1.29, 1.82) is 0 Å². The van der Waals surface area contributed by atoms with Crippen molar-refractivity contribution < 1.29 is 9.53 Å². The van der Waals surface area contributed by atoms with Crippen molar-refractivity contribution >= 4 is 17.7 Å². The summed E-state index contributed by atoms with van der Waals surface area (Å²) in [5, 5.41) is 3.81. The van der Waals surface area contributed by atoms with Gasteiger partial charge in [-0.2, -0.15) is 0 Å². The molecule has 1 aromatic heterocycles. The molecule has 1 aromatic rings. The first-order valence-electron chi connectivity index (χ1n) is 5.49. The summed E-state index contributed by atoms with van der Waals surface area (Å²) in [4.78, 5) is 19.7. The van der Waals surface area contributed by atoms with Gasteiger partial charge in [0.05, 0.1) is 7.11 Å². The summed E-state index contributed by atoms with van der Waals surface area (Å²) < 4.78 is 4.74. The molecule has 1 N–H and O–H groups in total. The number of aromatic nitrogens is 2. The van der Waals surface area contributed by atoms with Gasteiger partial charge in [-0.3, -0.25) is 4.79 Å². The quantitative estimate of drug-likeness (QED) is 0.447. The van der Waals surface area contributed by atoms with Crippen molar-refractivity contribution in [2.24, 2.45) is 0 Å². The number of carbonyl (C=O) groups excluding carboxylic acids is 1. The molecule has 1 unspecified atom stereocenters. The molecular formula is C11H17N3O2S. The highest BCUT2D eigenvalue weighted by molar-refractivity contribution is 7.99. The van der Waals surface area contributed by atoms with Gasteiger partial charge in [0.25, 0.3) is 0 Å². The third-order valence-corrected chi connectivity index (χ3v) is 3.02. The maximum atomic E-state index is 11.5. The maximum absolute atomic E-state index is 11.5. The number of hydrogen-bond donors (Lipinski definition) is 1. The molecule has 1 atom stereocenters. The highest BCUT2D eigenvalue weighted by Gasteiger charge is 2.18. The van der Waals surface area contributed by atoms with Crippen molar-refractivity contribution in [1.82, 2.24) is 15.3 Å². The molecule has 0 saturated heterocycles. The van der Waals surface area contributed by atoms with Gasteiger partial charge in [-0.1, -0.05) is 18.7 Å². The normalized spacial score (nSPS) is 12.1. The lowest BCUT2D eigenvalue weighted by atomic mass is 10.3. The molecule has 0 spiro atoms. The van der Waals surface area contributed by atoms with E-state index < -0.39 is 0 Å². The van der Waals surface area contributed by atoms with Crippen LogP contribution in [0.5, 0.6) is 0 Å². The standard InChI is InChI=1S/C11H17N3O2S/c1-3-5-12-9(10(15)16-2)8-17-11-13-6-4-7-14-11/h4,6-7,9,12H,3,5,8H2,1-2H3. The second-order valence-electron chi connectivity index (χ2n) is 3.37. The Balaban J connectivity index is 2.46. The Bertz CT molecular complexity index is 335. The van der Waals surface area contributed by atoms with Crippen molar-refractivity contribution in [3.63, 3.8) is 0 Å². The van der Waals surface area contributed by atoms with Crippen LogP contribution < -0.4 is 5.32 Å². The molecule has 5 nitrogen and oxygen atoms in total. The van der Waals surface area contributed by atoms with Gasteiger partial charge in [-0.25, -0.2) is 9.97 Å². The van der Waals surface area contributed by atoms with Gasteiger partial charge in [-0.15, -0.1) is 0 Å². The van der Waals surface area contributed by atoms with Crippen LogP contribution in [0.2, 0.25) is 0 Å².